The molecule has 1 aromatic carbocycles. The Labute approximate surface area is 136 Å². The lowest BCUT2D eigenvalue weighted by Crippen LogP contribution is -2.51. The van der Waals surface area contributed by atoms with Gasteiger partial charge in [-0.2, -0.15) is 0 Å². The number of amides is 3. The van der Waals surface area contributed by atoms with E-state index in [1.165, 1.54) is 0 Å². The number of benzene rings is 1. The largest absolute Gasteiger partial charge is 0.326 e. The molecule has 1 aromatic rings. The lowest BCUT2D eigenvalue weighted by Gasteiger charge is -2.35. The van der Waals surface area contributed by atoms with Crippen LogP contribution in [-0.4, -0.2) is 17.7 Å². The number of anilines is 1. The zero-order valence-electron chi connectivity index (χ0n) is 13.9. The van der Waals surface area contributed by atoms with E-state index in [2.05, 4.69) is 10.6 Å². The van der Waals surface area contributed by atoms with Gasteiger partial charge in [0.05, 0.1) is 5.41 Å². The second kappa shape index (κ2) is 6.94. The molecule has 0 saturated carbocycles. The third kappa shape index (κ3) is 3.78. The highest BCUT2D eigenvalue weighted by atomic mass is 16.2. The summed E-state index contributed by atoms with van der Waals surface area (Å²) in [5, 5.41) is 5.30. The third-order valence-electron chi connectivity index (χ3n) is 4.38. The van der Waals surface area contributed by atoms with Crippen LogP contribution in [0.5, 0.6) is 0 Å². The molecule has 1 unspecified atom stereocenters. The number of piperidine rings is 1. The van der Waals surface area contributed by atoms with E-state index in [-0.39, 0.29) is 17.7 Å². The van der Waals surface area contributed by atoms with E-state index in [0.717, 1.165) is 11.3 Å². The summed E-state index contributed by atoms with van der Waals surface area (Å²) in [6.07, 6.45) is 1.98. The van der Waals surface area contributed by atoms with Gasteiger partial charge in [-0.15, -0.1) is 0 Å². The van der Waals surface area contributed by atoms with E-state index in [0.29, 0.717) is 31.6 Å². The van der Waals surface area contributed by atoms with Gasteiger partial charge in [0.2, 0.25) is 17.7 Å². The van der Waals surface area contributed by atoms with Crippen LogP contribution in [0, 0.1) is 5.92 Å². The van der Waals surface area contributed by atoms with Gasteiger partial charge in [-0.3, -0.25) is 19.7 Å². The maximum Gasteiger partial charge on any atom is 0.237 e. The van der Waals surface area contributed by atoms with E-state index in [9.17, 15) is 14.4 Å². The van der Waals surface area contributed by atoms with Gasteiger partial charge in [-0.25, -0.2) is 0 Å². The van der Waals surface area contributed by atoms with Crippen molar-refractivity contribution >= 4 is 23.4 Å². The molecule has 124 valence electrons. The lowest BCUT2D eigenvalue weighted by atomic mass is 9.72. The molecular weight excluding hydrogens is 292 g/mol. The van der Waals surface area contributed by atoms with Gasteiger partial charge < -0.3 is 5.32 Å². The van der Waals surface area contributed by atoms with Gasteiger partial charge >= 0.3 is 0 Å². The van der Waals surface area contributed by atoms with Gasteiger partial charge in [0.15, 0.2) is 0 Å². The molecule has 0 aromatic heterocycles. The van der Waals surface area contributed by atoms with Crippen molar-refractivity contribution in [2.45, 2.75) is 51.9 Å². The molecule has 2 rings (SSSR count). The average Bonchev–Trinajstić information content (AvgIpc) is 2.48. The summed E-state index contributed by atoms with van der Waals surface area (Å²) < 4.78 is 0. The van der Waals surface area contributed by atoms with Gasteiger partial charge in [-0.1, -0.05) is 32.9 Å². The summed E-state index contributed by atoms with van der Waals surface area (Å²) >= 11 is 0. The first-order chi connectivity index (χ1) is 10.9. The van der Waals surface area contributed by atoms with Crippen molar-refractivity contribution in [1.29, 1.82) is 0 Å². The lowest BCUT2D eigenvalue weighted by molar-refractivity contribution is -0.138. The molecule has 5 nitrogen and oxygen atoms in total. The molecule has 0 radical (unpaired) electrons. The van der Waals surface area contributed by atoms with Gasteiger partial charge in [0.25, 0.3) is 0 Å². The number of hydrogen-bond acceptors (Lipinski definition) is 3. The Balaban J connectivity index is 2.16. The minimum atomic E-state index is -0.658. The van der Waals surface area contributed by atoms with Crippen molar-refractivity contribution in [3.8, 4) is 0 Å². The van der Waals surface area contributed by atoms with E-state index >= 15 is 0 Å². The molecule has 23 heavy (non-hydrogen) atoms. The first-order valence-electron chi connectivity index (χ1n) is 8.12. The second-order valence-corrected chi connectivity index (χ2v) is 6.54. The van der Waals surface area contributed by atoms with Crippen LogP contribution in [0.25, 0.3) is 0 Å². The Kier molecular flexibility index (Phi) is 5.19. The Morgan fingerprint density at radius 1 is 1.26 bits per heavy atom. The summed E-state index contributed by atoms with van der Waals surface area (Å²) in [5.41, 5.74) is 0.943. The molecule has 5 heteroatoms. The van der Waals surface area contributed by atoms with Crippen LogP contribution in [-0.2, 0) is 19.8 Å². The SMILES string of the molecule is CCC1(c2ccc(NC(=O)CC(C)C)cc2)CCC(=O)NC1=O. The van der Waals surface area contributed by atoms with Crippen LogP contribution in [0.15, 0.2) is 24.3 Å². The molecule has 0 aliphatic carbocycles. The number of carbonyl (C=O) groups excluding carboxylic acids is 3. The summed E-state index contributed by atoms with van der Waals surface area (Å²) in [4.78, 5) is 35.5. The minimum Gasteiger partial charge on any atom is -0.326 e. The quantitative estimate of drug-likeness (QED) is 0.820. The average molecular weight is 316 g/mol. The zero-order valence-corrected chi connectivity index (χ0v) is 13.9. The van der Waals surface area contributed by atoms with Crippen molar-refractivity contribution in [2.75, 3.05) is 5.32 Å². The monoisotopic (exact) mass is 316 g/mol. The van der Waals surface area contributed by atoms with Crippen LogP contribution in [0.2, 0.25) is 0 Å². The van der Waals surface area contributed by atoms with Crippen molar-refractivity contribution in [2.24, 2.45) is 5.92 Å². The summed E-state index contributed by atoms with van der Waals surface area (Å²) in [6.45, 7) is 5.95. The third-order valence-corrected chi connectivity index (χ3v) is 4.38. The minimum absolute atomic E-state index is 0.0149. The number of hydrogen-bond donors (Lipinski definition) is 2. The molecule has 1 fully saturated rings. The van der Waals surface area contributed by atoms with E-state index < -0.39 is 5.41 Å². The maximum atomic E-state index is 12.3. The maximum absolute atomic E-state index is 12.3. The Morgan fingerprint density at radius 3 is 2.43 bits per heavy atom. The topological polar surface area (TPSA) is 75.3 Å². The molecule has 1 saturated heterocycles. The molecule has 1 aliphatic rings. The molecule has 3 amide bonds. The first kappa shape index (κ1) is 17.2. The molecular formula is C18H24N2O3. The Morgan fingerprint density at radius 2 is 1.91 bits per heavy atom. The summed E-state index contributed by atoms with van der Waals surface area (Å²) in [7, 11) is 0. The molecule has 1 heterocycles. The van der Waals surface area contributed by atoms with Gasteiger partial charge in [0, 0.05) is 18.5 Å². The number of nitrogens with one attached hydrogen (secondary N) is 2. The van der Waals surface area contributed by atoms with Crippen molar-refractivity contribution in [3.63, 3.8) is 0 Å². The second-order valence-electron chi connectivity index (χ2n) is 6.54. The van der Waals surface area contributed by atoms with Crippen molar-refractivity contribution in [3.05, 3.63) is 29.8 Å². The fraction of sp³-hybridized carbons (Fsp3) is 0.500. The van der Waals surface area contributed by atoms with Crippen LogP contribution in [0.1, 0.15) is 52.0 Å². The highest BCUT2D eigenvalue weighted by Crippen LogP contribution is 2.36. The molecule has 2 N–H and O–H groups in total. The number of carbonyl (C=O) groups is 3. The Bertz CT molecular complexity index is 607. The highest BCUT2D eigenvalue weighted by molar-refractivity contribution is 6.03. The summed E-state index contributed by atoms with van der Waals surface area (Å²) in [6, 6.07) is 7.36. The van der Waals surface area contributed by atoms with Crippen LogP contribution >= 0.6 is 0 Å². The number of rotatable bonds is 5. The molecule has 1 aliphatic heterocycles. The summed E-state index contributed by atoms with van der Waals surface area (Å²) in [5.74, 6) is -0.149. The van der Waals surface area contributed by atoms with Crippen LogP contribution < -0.4 is 10.6 Å². The Hall–Kier alpha value is -2.17. The first-order valence-corrected chi connectivity index (χ1v) is 8.12. The predicted molar refractivity (Wildman–Crippen MR) is 88.9 cm³/mol. The standard InChI is InChI=1S/C18H24N2O3/c1-4-18(10-9-15(21)20-17(18)23)13-5-7-14(8-6-13)19-16(22)11-12(2)3/h5-8,12H,4,9-11H2,1-3H3,(H,19,22)(H,20,21,23). The van der Waals surface area contributed by atoms with Gasteiger partial charge in [-0.05, 0) is 36.5 Å². The normalized spacial score (nSPS) is 21.2. The highest BCUT2D eigenvalue weighted by Gasteiger charge is 2.42. The smallest absolute Gasteiger partial charge is 0.237 e. The molecule has 1 atom stereocenters. The molecule has 0 spiro atoms. The fourth-order valence-corrected chi connectivity index (χ4v) is 3.02. The van der Waals surface area contributed by atoms with Crippen LogP contribution in [0.3, 0.4) is 0 Å². The van der Waals surface area contributed by atoms with Crippen molar-refractivity contribution in [1.82, 2.24) is 5.32 Å². The van der Waals surface area contributed by atoms with E-state index in [1.807, 2.05) is 45.0 Å². The van der Waals surface area contributed by atoms with Gasteiger partial charge in [0.1, 0.15) is 0 Å². The fourth-order valence-electron chi connectivity index (χ4n) is 3.02. The van der Waals surface area contributed by atoms with E-state index in [1.54, 1.807) is 0 Å². The number of imide groups is 1. The van der Waals surface area contributed by atoms with Crippen molar-refractivity contribution < 1.29 is 14.4 Å². The van der Waals surface area contributed by atoms with Crippen LogP contribution in [0.4, 0.5) is 5.69 Å². The predicted octanol–water partition coefficient (Wildman–Crippen LogP) is 2.76. The van der Waals surface area contributed by atoms with E-state index in [4.69, 9.17) is 0 Å². The zero-order chi connectivity index (χ0) is 17.0. The molecule has 0 bridgehead atoms.